The Bertz CT molecular complexity index is 532. The second kappa shape index (κ2) is 6.28. The van der Waals surface area contributed by atoms with Crippen molar-refractivity contribution in [3.05, 3.63) is 35.4 Å². The standard InChI is InChI=1S/C17H21N3O/c18-10-12-5-7-13(8-6-12)11-19-17(21)16-9-14-3-1-2-4-15(14)20-16/h5-8,14-16,20H,1-4,9,11H2,(H,19,21). The van der Waals surface area contributed by atoms with E-state index in [2.05, 4.69) is 16.7 Å². The highest BCUT2D eigenvalue weighted by Crippen LogP contribution is 2.33. The third kappa shape index (κ3) is 3.25. The van der Waals surface area contributed by atoms with E-state index in [1.54, 1.807) is 12.1 Å². The zero-order chi connectivity index (χ0) is 14.7. The Morgan fingerprint density at radius 1 is 1.29 bits per heavy atom. The molecule has 1 amide bonds. The summed E-state index contributed by atoms with van der Waals surface area (Å²) in [4.78, 5) is 12.3. The van der Waals surface area contributed by atoms with Crippen LogP contribution in [0.1, 0.15) is 43.2 Å². The van der Waals surface area contributed by atoms with Crippen molar-refractivity contribution in [2.75, 3.05) is 0 Å². The Morgan fingerprint density at radius 3 is 2.76 bits per heavy atom. The number of carbonyl (C=O) groups is 1. The van der Waals surface area contributed by atoms with E-state index in [1.807, 2.05) is 12.1 Å². The number of fused-ring (bicyclic) bond motifs is 1. The Morgan fingerprint density at radius 2 is 2.05 bits per heavy atom. The molecule has 1 saturated carbocycles. The lowest BCUT2D eigenvalue weighted by Crippen LogP contribution is -2.42. The molecule has 0 spiro atoms. The molecule has 0 bridgehead atoms. The van der Waals surface area contributed by atoms with Crippen molar-refractivity contribution in [1.29, 1.82) is 5.26 Å². The summed E-state index contributed by atoms with van der Waals surface area (Å²) < 4.78 is 0. The van der Waals surface area contributed by atoms with Gasteiger partial charge in [-0.2, -0.15) is 5.26 Å². The van der Waals surface area contributed by atoms with Gasteiger partial charge in [-0.25, -0.2) is 0 Å². The molecule has 4 nitrogen and oxygen atoms in total. The largest absolute Gasteiger partial charge is 0.351 e. The van der Waals surface area contributed by atoms with E-state index in [1.165, 1.54) is 25.7 Å². The second-order valence-corrected chi connectivity index (χ2v) is 6.13. The summed E-state index contributed by atoms with van der Waals surface area (Å²) in [7, 11) is 0. The van der Waals surface area contributed by atoms with Gasteiger partial charge in [0, 0.05) is 12.6 Å². The SMILES string of the molecule is N#Cc1ccc(CNC(=O)C2CC3CCCCC3N2)cc1. The first-order valence-corrected chi connectivity index (χ1v) is 7.79. The van der Waals surface area contributed by atoms with Crippen LogP contribution >= 0.6 is 0 Å². The summed E-state index contributed by atoms with van der Waals surface area (Å²) in [6.07, 6.45) is 6.04. The van der Waals surface area contributed by atoms with Crippen molar-refractivity contribution in [3.63, 3.8) is 0 Å². The summed E-state index contributed by atoms with van der Waals surface area (Å²) in [5, 5.41) is 15.3. The van der Waals surface area contributed by atoms with E-state index in [4.69, 9.17) is 5.26 Å². The number of nitrogens with one attached hydrogen (secondary N) is 2. The van der Waals surface area contributed by atoms with Gasteiger partial charge in [-0.3, -0.25) is 4.79 Å². The maximum Gasteiger partial charge on any atom is 0.237 e. The van der Waals surface area contributed by atoms with Crippen molar-refractivity contribution >= 4 is 5.91 Å². The molecule has 1 aromatic carbocycles. The summed E-state index contributed by atoms with van der Waals surface area (Å²) in [5.41, 5.74) is 1.67. The van der Waals surface area contributed by atoms with Gasteiger partial charge in [0.05, 0.1) is 17.7 Å². The number of benzene rings is 1. The molecule has 2 fully saturated rings. The van der Waals surface area contributed by atoms with Crippen LogP contribution in [0.5, 0.6) is 0 Å². The molecule has 1 heterocycles. The molecule has 2 N–H and O–H groups in total. The molecule has 21 heavy (non-hydrogen) atoms. The lowest BCUT2D eigenvalue weighted by Gasteiger charge is -2.24. The molecule has 0 radical (unpaired) electrons. The van der Waals surface area contributed by atoms with Gasteiger partial charge < -0.3 is 10.6 Å². The number of amides is 1. The Labute approximate surface area is 125 Å². The first kappa shape index (κ1) is 14.1. The number of nitriles is 1. The Balaban J connectivity index is 1.51. The van der Waals surface area contributed by atoms with Crippen LogP contribution in [0, 0.1) is 17.2 Å². The van der Waals surface area contributed by atoms with E-state index >= 15 is 0 Å². The van der Waals surface area contributed by atoms with Crippen LogP contribution < -0.4 is 10.6 Å². The zero-order valence-corrected chi connectivity index (χ0v) is 12.1. The van der Waals surface area contributed by atoms with Crippen molar-refractivity contribution < 1.29 is 4.79 Å². The van der Waals surface area contributed by atoms with Crippen molar-refractivity contribution in [1.82, 2.24) is 10.6 Å². The highest BCUT2D eigenvalue weighted by molar-refractivity contribution is 5.82. The highest BCUT2D eigenvalue weighted by Gasteiger charge is 2.37. The molecule has 1 aliphatic carbocycles. The maximum absolute atomic E-state index is 12.3. The van der Waals surface area contributed by atoms with Crippen LogP contribution in [0.4, 0.5) is 0 Å². The number of rotatable bonds is 3. The van der Waals surface area contributed by atoms with Crippen LogP contribution in [0.25, 0.3) is 0 Å². The number of nitrogens with zero attached hydrogens (tertiary/aromatic N) is 1. The monoisotopic (exact) mass is 283 g/mol. The van der Waals surface area contributed by atoms with Gasteiger partial charge in [-0.1, -0.05) is 25.0 Å². The highest BCUT2D eigenvalue weighted by atomic mass is 16.2. The number of hydrogen-bond acceptors (Lipinski definition) is 3. The summed E-state index contributed by atoms with van der Waals surface area (Å²) in [6.45, 7) is 0.526. The van der Waals surface area contributed by atoms with E-state index in [0.29, 0.717) is 24.1 Å². The average Bonchev–Trinajstić information content (AvgIpc) is 2.97. The smallest absolute Gasteiger partial charge is 0.237 e. The lowest BCUT2D eigenvalue weighted by molar-refractivity contribution is -0.123. The summed E-state index contributed by atoms with van der Waals surface area (Å²) in [6, 6.07) is 9.95. The minimum atomic E-state index is -0.0310. The third-order valence-electron chi connectivity index (χ3n) is 4.73. The number of hydrogen-bond donors (Lipinski definition) is 2. The minimum Gasteiger partial charge on any atom is -0.351 e. The molecule has 1 aromatic rings. The van der Waals surface area contributed by atoms with E-state index in [0.717, 1.165) is 12.0 Å². The molecule has 110 valence electrons. The zero-order valence-electron chi connectivity index (χ0n) is 12.1. The molecular weight excluding hydrogens is 262 g/mol. The molecule has 3 unspecified atom stereocenters. The van der Waals surface area contributed by atoms with Gasteiger partial charge in [0.2, 0.25) is 5.91 Å². The molecule has 1 saturated heterocycles. The van der Waals surface area contributed by atoms with Crippen molar-refractivity contribution in [3.8, 4) is 6.07 Å². The summed E-state index contributed by atoms with van der Waals surface area (Å²) in [5.74, 6) is 0.790. The minimum absolute atomic E-state index is 0.0310. The first-order chi connectivity index (χ1) is 10.3. The van der Waals surface area contributed by atoms with Crippen LogP contribution in [-0.4, -0.2) is 18.0 Å². The molecule has 0 aromatic heterocycles. The normalized spacial score (nSPS) is 27.7. The lowest BCUT2D eigenvalue weighted by atomic mass is 9.85. The molecule has 1 aliphatic heterocycles. The number of carbonyl (C=O) groups excluding carboxylic acids is 1. The van der Waals surface area contributed by atoms with Gasteiger partial charge in [0.1, 0.15) is 0 Å². The Hall–Kier alpha value is -1.86. The van der Waals surface area contributed by atoms with Gasteiger partial charge >= 0.3 is 0 Å². The van der Waals surface area contributed by atoms with Gasteiger partial charge in [0.15, 0.2) is 0 Å². The van der Waals surface area contributed by atoms with Gasteiger partial charge in [-0.15, -0.1) is 0 Å². The van der Waals surface area contributed by atoms with Crippen LogP contribution in [0.15, 0.2) is 24.3 Å². The van der Waals surface area contributed by atoms with Crippen molar-refractivity contribution in [2.45, 2.75) is 50.7 Å². The van der Waals surface area contributed by atoms with E-state index < -0.39 is 0 Å². The fraction of sp³-hybridized carbons (Fsp3) is 0.529. The predicted octanol–water partition coefficient (Wildman–Crippen LogP) is 2.10. The topological polar surface area (TPSA) is 64.9 Å². The molecule has 3 atom stereocenters. The fourth-order valence-corrected chi connectivity index (χ4v) is 3.53. The van der Waals surface area contributed by atoms with Crippen LogP contribution in [-0.2, 0) is 11.3 Å². The van der Waals surface area contributed by atoms with Gasteiger partial charge in [0.25, 0.3) is 0 Å². The average molecular weight is 283 g/mol. The fourth-order valence-electron chi connectivity index (χ4n) is 3.53. The molecular formula is C17H21N3O. The predicted molar refractivity (Wildman–Crippen MR) is 80.3 cm³/mol. The first-order valence-electron chi connectivity index (χ1n) is 7.79. The molecule has 3 rings (SSSR count). The van der Waals surface area contributed by atoms with E-state index in [-0.39, 0.29) is 11.9 Å². The van der Waals surface area contributed by atoms with Crippen LogP contribution in [0.3, 0.4) is 0 Å². The van der Waals surface area contributed by atoms with Crippen molar-refractivity contribution in [2.24, 2.45) is 5.92 Å². The summed E-state index contributed by atoms with van der Waals surface area (Å²) >= 11 is 0. The molecule has 4 heteroatoms. The van der Waals surface area contributed by atoms with Gasteiger partial charge in [-0.05, 0) is 42.9 Å². The Kier molecular flexibility index (Phi) is 4.21. The van der Waals surface area contributed by atoms with Crippen LogP contribution in [0.2, 0.25) is 0 Å². The third-order valence-corrected chi connectivity index (χ3v) is 4.73. The maximum atomic E-state index is 12.3. The van der Waals surface area contributed by atoms with E-state index in [9.17, 15) is 4.79 Å². The quantitative estimate of drug-likeness (QED) is 0.893. The molecule has 2 aliphatic rings. The second-order valence-electron chi connectivity index (χ2n) is 6.13.